The highest BCUT2D eigenvalue weighted by molar-refractivity contribution is 6.39. The fraction of sp³-hybridized carbons (Fsp3) is 0.429. The van der Waals surface area contributed by atoms with Crippen LogP contribution in [0.25, 0.3) is 0 Å². The fourth-order valence-corrected chi connectivity index (χ4v) is 2.11. The van der Waals surface area contributed by atoms with E-state index in [9.17, 15) is 9.59 Å². The van der Waals surface area contributed by atoms with E-state index in [2.05, 4.69) is 20.8 Å². The van der Waals surface area contributed by atoms with E-state index in [4.69, 9.17) is 0 Å². The van der Waals surface area contributed by atoms with Gasteiger partial charge in [0.05, 0.1) is 11.7 Å². The summed E-state index contributed by atoms with van der Waals surface area (Å²) in [5, 5.41) is 6.72. The Morgan fingerprint density at radius 3 is 2.90 bits per heavy atom. The summed E-state index contributed by atoms with van der Waals surface area (Å²) < 4.78 is 0. The first-order valence-corrected chi connectivity index (χ1v) is 6.69. The van der Waals surface area contributed by atoms with Gasteiger partial charge in [-0.05, 0) is 25.0 Å². The van der Waals surface area contributed by atoms with Gasteiger partial charge in [0.2, 0.25) is 5.91 Å². The van der Waals surface area contributed by atoms with Crippen molar-refractivity contribution in [2.45, 2.75) is 39.2 Å². The third kappa shape index (κ3) is 3.20. The molecule has 0 bridgehead atoms. The number of carbonyl (C=O) groups excluding carboxylic acids is 2. The quantitative estimate of drug-likeness (QED) is 0.866. The van der Waals surface area contributed by atoms with Crippen molar-refractivity contribution in [3.05, 3.63) is 29.6 Å². The fourth-order valence-electron chi connectivity index (χ4n) is 2.11. The van der Waals surface area contributed by atoms with Crippen LogP contribution >= 0.6 is 0 Å². The van der Waals surface area contributed by atoms with Crippen LogP contribution in [0.3, 0.4) is 0 Å². The van der Waals surface area contributed by atoms with E-state index in [1.54, 1.807) is 6.20 Å². The van der Waals surface area contributed by atoms with Crippen LogP contribution in [-0.2, 0) is 9.59 Å². The first-order chi connectivity index (χ1) is 9.61. The molecule has 1 aliphatic rings. The van der Waals surface area contributed by atoms with E-state index >= 15 is 0 Å². The van der Waals surface area contributed by atoms with Crippen LogP contribution in [0.4, 0.5) is 0 Å². The second kappa shape index (κ2) is 6.27. The van der Waals surface area contributed by atoms with Crippen molar-refractivity contribution in [1.82, 2.24) is 15.7 Å². The minimum Gasteiger partial charge on any atom is -0.343 e. The van der Waals surface area contributed by atoms with Gasteiger partial charge in [-0.3, -0.25) is 14.6 Å². The molecule has 0 radical (unpaired) electrons. The van der Waals surface area contributed by atoms with Crippen LogP contribution in [0.15, 0.2) is 23.4 Å². The van der Waals surface area contributed by atoms with Crippen molar-refractivity contribution in [3.63, 3.8) is 0 Å². The summed E-state index contributed by atoms with van der Waals surface area (Å²) in [4.78, 5) is 27.5. The molecule has 1 unspecified atom stereocenters. The van der Waals surface area contributed by atoms with Gasteiger partial charge in [0.1, 0.15) is 5.71 Å². The lowest BCUT2D eigenvalue weighted by atomic mass is 10.0. The highest BCUT2D eigenvalue weighted by atomic mass is 16.2. The summed E-state index contributed by atoms with van der Waals surface area (Å²) in [6.45, 7) is 3.96. The number of amides is 2. The topological polar surface area (TPSA) is 83.5 Å². The molecule has 0 spiro atoms. The summed E-state index contributed by atoms with van der Waals surface area (Å²) in [7, 11) is 0. The molecule has 6 nitrogen and oxygen atoms in total. The Labute approximate surface area is 117 Å². The molecule has 2 heterocycles. The first-order valence-electron chi connectivity index (χ1n) is 6.69. The minimum atomic E-state index is -0.248. The van der Waals surface area contributed by atoms with E-state index in [1.165, 1.54) is 0 Å². The van der Waals surface area contributed by atoms with Crippen LogP contribution < -0.4 is 10.7 Å². The Bertz CT molecular complexity index is 554. The van der Waals surface area contributed by atoms with E-state index < -0.39 is 0 Å². The normalized spacial score (nSPS) is 16.1. The number of pyridine rings is 1. The SMILES string of the molecule is CCC(NC(=O)C1=NNC(=O)CC1)c1ncccc1C. The largest absolute Gasteiger partial charge is 0.343 e. The predicted octanol–water partition coefficient (Wildman–Crippen LogP) is 1.22. The van der Waals surface area contributed by atoms with Gasteiger partial charge in [-0.15, -0.1) is 0 Å². The molecule has 0 aliphatic carbocycles. The number of nitrogens with zero attached hydrogens (tertiary/aromatic N) is 2. The smallest absolute Gasteiger partial charge is 0.268 e. The molecular weight excluding hydrogens is 256 g/mol. The van der Waals surface area contributed by atoms with Gasteiger partial charge in [0.25, 0.3) is 5.91 Å². The molecule has 0 saturated carbocycles. The number of carbonyl (C=O) groups is 2. The van der Waals surface area contributed by atoms with Gasteiger partial charge in [0.15, 0.2) is 0 Å². The standard InChI is InChI=1S/C14H18N4O2/c1-3-10(13-9(2)5-4-8-15-13)16-14(20)11-6-7-12(19)18-17-11/h4-5,8,10H,3,6-7H2,1-2H3,(H,16,20)(H,18,19). The summed E-state index contributed by atoms with van der Waals surface area (Å²) in [5.74, 6) is -0.406. The summed E-state index contributed by atoms with van der Waals surface area (Å²) in [5.41, 5.74) is 4.59. The molecule has 6 heteroatoms. The highest BCUT2D eigenvalue weighted by Gasteiger charge is 2.22. The molecule has 20 heavy (non-hydrogen) atoms. The third-order valence-corrected chi connectivity index (χ3v) is 3.26. The number of hydrogen-bond acceptors (Lipinski definition) is 4. The average Bonchev–Trinajstić information content (AvgIpc) is 2.46. The lowest BCUT2D eigenvalue weighted by Gasteiger charge is -2.19. The number of nitrogens with one attached hydrogen (secondary N) is 2. The van der Waals surface area contributed by atoms with Crippen molar-refractivity contribution in [2.75, 3.05) is 0 Å². The monoisotopic (exact) mass is 274 g/mol. The van der Waals surface area contributed by atoms with Crippen LogP contribution in [0.2, 0.25) is 0 Å². The molecule has 1 aliphatic heterocycles. The molecule has 0 fully saturated rings. The molecule has 0 aromatic carbocycles. The first kappa shape index (κ1) is 14.2. The number of hydrazone groups is 1. The van der Waals surface area contributed by atoms with E-state index in [0.29, 0.717) is 18.6 Å². The van der Waals surface area contributed by atoms with Gasteiger partial charge in [-0.1, -0.05) is 13.0 Å². The zero-order valence-electron chi connectivity index (χ0n) is 11.6. The van der Waals surface area contributed by atoms with E-state index in [-0.39, 0.29) is 17.9 Å². The number of rotatable bonds is 4. The van der Waals surface area contributed by atoms with Gasteiger partial charge < -0.3 is 5.32 Å². The maximum absolute atomic E-state index is 12.1. The molecule has 0 saturated heterocycles. The molecule has 2 amide bonds. The zero-order valence-corrected chi connectivity index (χ0v) is 11.6. The Morgan fingerprint density at radius 2 is 2.30 bits per heavy atom. The van der Waals surface area contributed by atoms with Crippen LogP contribution in [0.1, 0.15) is 43.5 Å². The molecule has 2 rings (SSSR count). The highest BCUT2D eigenvalue weighted by Crippen LogP contribution is 2.18. The van der Waals surface area contributed by atoms with Crippen LogP contribution in [0, 0.1) is 6.92 Å². The lowest BCUT2D eigenvalue weighted by molar-refractivity contribution is -0.121. The molecule has 2 N–H and O–H groups in total. The third-order valence-electron chi connectivity index (χ3n) is 3.26. The number of aryl methyl sites for hydroxylation is 1. The van der Waals surface area contributed by atoms with Crippen molar-refractivity contribution >= 4 is 17.5 Å². The number of aromatic nitrogens is 1. The molecule has 1 aromatic rings. The van der Waals surface area contributed by atoms with Crippen molar-refractivity contribution in [2.24, 2.45) is 5.10 Å². The van der Waals surface area contributed by atoms with E-state index in [0.717, 1.165) is 17.7 Å². The summed E-state index contributed by atoms with van der Waals surface area (Å²) in [6, 6.07) is 3.69. The molecule has 1 aromatic heterocycles. The molecule has 1 atom stereocenters. The van der Waals surface area contributed by atoms with Crippen molar-refractivity contribution in [1.29, 1.82) is 0 Å². The maximum Gasteiger partial charge on any atom is 0.268 e. The predicted molar refractivity (Wildman–Crippen MR) is 75.0 cm³/mol. The molecule has 106 valence electrons. The summed E-state index contributed by atoms with van der Waals surface area (Å²) in [6.07, 6.45) is 3.12. The Morgan fingerprint density at radius 1 is 1.50 bits per heavy atom. The van der Waals surface area contributed by atoms with Crippen LogP contribution in [-0.4, -0.2) is 22.5 Å². The summed E-state index contributed by atoms with van der Waals surface area (Å²) >= 11 is 0. The van der Waals surface area contributed by atoms with Gasteiger partial charge in [-0.25, -0.2) is 5.43 Å². The maximum atomic E-state index is 12.1. The minimum absolute atomic E-state index is 0.149. The second-order valence-corrected chi connectivity index (χ2v) is 4.73. The van der Waals surface area contributed by atoms with Crippen molar-refractivity contribution in [3.8, 4) is 0 Å². The Hall–Kier alpha value is -2.24. The second-order valence-electron chi connectivity index (χ2n) is 4.73. The zero-order chi connectivity index (χ0) is 14.5. The average molecular weight is 274 g/mol. The van der Waals surface area contributed by atoms with Crippen molar-refractivity contribution < 1.29 is 9.59 Å². The van der Waals surface area contributed by atoms with Gasteiger partial charge in [-0.2, -0.15) is 5.10 Å². The molecular formula is C14H18N4O2. The Balaban J connectivity index is 2.09. The van der Waals surface area contributed by atoms with Gasteiger partial charge >= 0.3 is 0 Å². The Kier molecular flexibility index (Phi) is 4.45. The van der Waals surface area contributed by atoms with Crippen LogP contribution in [0.5, 0.6) is 0 Å². The number of hydrogen-bond donors (Lipinski definition) is 2. The van der Waals surface area contributed by atoms with Gasteiger partial charge in [0, 0.05) is 19.0 Å². The lowest BCUT2D eigenvalue weighted by Crippen LogP contribution is -2.38. The van der Waals surface area contributed by atoms with E-state index in [1.807, 2.05) is 26.0 Å².